The zero-order valence-electron chi connectivity index (χ0n) is 10.8. The Labute approximate surface area is 110 Å². The highest BCUT2D eigenvalue weighted by molar-refractivity contribution is 5.81. The molecule has 2 N–H and O–H groups in total. The van der Waals surface area contributed by atoms with E-state index in [1.807, 2.05) is 0 Å². The average molecular weight is 279 g/mol. The fourth-order valence-corrected chi connectivity index (χ4v) is 2.75. The van der Waals surface area contributed by atoms with E-state index >= 15 is 0 Å². The monoisotopic (exact) mass is 279 g/mol. The third-order valence-corrected chi connectivity index (χ3v) is 3.71. The molecule has 2 fully saturated rings. The molecule has 1 unspecified atom stereocenters. The Kier molecular flexibility index (Phi) is 4.67. The first-order valence-electron chi connectivity index (χ1n) is 6.74. The molecule has 2 atom stereocenters. The van der Waals surface area contributed by atoms with E-state index in [0.29, 0.717) is 26.1 Å². The zero-order chi connectivity index (χ0) is 13.9. The third-order valence-electron chi connectivity index (χ3n) is 3.71. The molecule has 2 saturated heterocycles. The molecule has 0 aliphatic carbocycles. The van der Waals surface area contributed by atoms with Crippen LogP contribution in [-0.4, -0.2) is 55.7 Å². The molecule has 4 nitrogen and oxygen atoms in total. The Bertz CT molecular complexity index is 316. The van der Waals surface area contributed by atoms with Crippen molar-refractivity contribution in [2.75, 3.05) is 32.7 Å². The Hall–Kier alpha value is -0.820. The van der Waals surface area contributed by atoms with Crippen LogP contribution >= 0.6 is 0 Å². The average Bonchev–Trinajstić information content (AvgIpc) is 2.94. The standard InChI is InChI=1S/C12H20F3N3O/c13-12(14,15)8-18-5-3-9(7-18)6-17-11(19)10-2-1-4-16-10/h9-10,16H,1-8H2,(H,17,19)/t9?,10-/m1/s1. The number of rotatable bonds is 4. The first-order chi connectivity index (χ1) is 8.94. The van der Waals surface area contributed by atoms with Crippen LogP contribution in [0.5, 0.6) is 0 Å². The second-order valence-corrected chi connectivity index (χ2v) is 5.40. The minimum Gasteiger partial charge on any atom is -0.354 e. The van der Waals surface area contributed by atoms with E-state index in [-0.39, 0.29) is 17.9 Å². The molecular formula is C12H20F3N3O. The Morgan fingerprint density at radius 2 is 2.16 bits per heavy atom. The van der Waals surface area contributed by atoms with Crippen LogP contribution in [0.2, 0.25) is 0 Å². The maximum absolute atomic E-state index is 12.2. The number of amides is 1. The molecule has 19 heavy (non-hydrogen) atoms. The Morgan fingerprint density at radius 1 is 1.37 bits per heavy atom. The van der Waals surface area contributed by atoms with Crippen LogP contribution < -0.4 is 10.6 Å². The molecule has 0 saturated carbocycles. The molecule has 0 bridgehead atoms. The summed E-state index contributed by atoms with van der Waals surface area (Å²) < 4.78 is 36.7. The summed E-state index contributed by atoms with van der Waals surface area (Å²) in [7, 11) is 0. The van der Waals surface area contributed by atoms with E-state index in [2.05, 4.69) is 10.6 Å². The van der Waals surface area contributed by atoms with Crippen LogP contribution in [0.25, 0.3) is 0 Å². The number of halogens is 3. The van der Waals surface area contributed by atoms with E-state index < -0.39 is 12.7 Å². The van der Waals surface area contributed by atoms with Crippen molar-refractivity contribution in [3.05, 3.63) is 0 Å². The van der Waals surface area contributed by atoms with Gasteiger partial charge in [-0.2, -0.15) is 13.2 Å². The number of carbonyl (C=O) groups excluding carboxylic acids is 1. The first-order valence-corrected chi connectivity index (χ1v) is 6.74. The summed E-state index contributed by atoms with van der Waals surface area (Å²) >= 11 is 0. The van der Waals surface area contributed by atoms with Gasteiger partial charge in [0.2, 0.25) is 5.91 Å². The summed E-state index contributed by atoms with van der Waals surface area (Å²) in [6, 6.07) is -0.118. The van der Waals surface area contributed by atoms with Crippen molar-refractivity contribution in [1.29, 1.82) is 0 Å². The molecule has 2 heterocycles. The Balaban J connectivity index is 1.66. The van der Waals surface area contributed by atoms with Gasteiger partial charge in [0.15, 0.2) is 0 Å². The van der Waals surface area contributed by atoms with Crippen molar-refractivity contribution < 1.29 is 18.0 Å². The quantitative estimate of drug-likeness (QED) is 0.798. The van der Waals surface area contributed by atoms with Crippen LogP contribution in [-0.2, 0) is 4.79 Å². The molecule has 0 spiro atoms. The number of hydrogen-bond acceptors (Lipinski definition) is 3. The molecular weight excluding hydrogens is 259 g/mol. The van der Waals surface area contributed by atoms with Gasteiger partial charge in [0.05, 0.1) is 12.6 Å². The zero-order valence-corrected chi connectivity index (χ0v) is 10.8. The first kappa shape index (κ1) is 14.6. The van der Waals surface area contributed by atoms with Gasteiger partial charge in [-0.25, -0.2) is 0 Å². The lowest BCUT2D eigenvalue weighted by molar-refractivity contribution is -0.143. The van der Waals surface area contributed by atoms with Crippen LogP contribution in [0.4, 0.5) is 13.2 Å². The number of alkyl halides is 3. The number of likely N-dealkylation sites (tertiary alicyclic amines) is 1. The van der Waals surface area contributed by atoms with Crippen molar-refractivity contribution in [2.45, 2.75) is 31.5 Å². The topological polar surface area (TPSA) is 44.4 Å². The van der Waals surface area contributed by atoms with Crippen LogP contribution in [0.1, 0.15) is 19.3 Å². The normalized spacial score (nSPS) is 28.8. The van der Waals surface area contributed by atoms with Gasteiger partial charge >= 0.3 is 6.18 Å². The SMILES string of the molecule is O=C(NCC1CCN(CC(F)(F)F)C1)[C@H]1CCCN1. The highest BCUT2D eigenvalue weighted by Gasteiger charge is 2.34. The molecule has 0 aromatic heterocycles. The summed E-state index contributed by atoms with van der Waals surface area (Å²) in [4.78, 5) is 13.2. The van der Waals surface area contributed by atoms with Crippen molar-refractivity contribution in [3.8, 4) is 0 Å². The van der Waals surface area contributed by atoms with E-state index in [9.17, 15) is 18.0 Å². The van der Waals surface area contributed by atoms with Gasteiger partial charge in [0.1, 0.15) is 0 Å². The lowest BCUT2D eigenvalue weighted by Crippen LogP contribution is -2.42. The molecule has 1 amide bonds. The molecule has 2 aliphatic heterocycles. The second-order valence-electron chi connectivity index (χ2n) is 5.40. The number of nitrogens with zero attached hydrogens (tertiary/aromatic N) is 1. The summed E-state index contributed by atoms with van der Waals surface area (Å²) in [5.74, 6) is 0.111. The van der Waals surface area contributed by atoms with Crippen molar-refractivity contribution in [3.63, 3.8) is 0 Å². The fourth-order valence-electron chi connectivity index (χ4n) is 2.75. The van der Waals surface area contributed by atoms with E-state index in [4.69, 9.17) is 0 Å². The van der Waals surface area contributed by atoms with Gasteiger partial charge < -0.3 is 10.6 Å². The number of hydrogen-bond donors (Lipinski definition) is 2. The Morgan fingerprint density at radius 3 is 2.79 bits per heavy atom. The predicted molar refractivity (Wildman–Crippen MR) is 64.6 cm³/mol. The molecule has 2 rings (SSSR count). The second kappa shape index (κ2) is 6.09. The minimum atomic E-state index is -4.13. The molecule has 0 aromatic carbocycles. The maximum Gasteiger partial charge on any atom is 0.401 e. The fraction of sp³-hybridized carbons (Fsp3) is 0.917. The van der Waals surface area contributed by atoms with Crippen molar-refractivity contribution in [1.82, 2.24) is 15.5 Å². The largest absolute Gasteiger partial charge is 0.401 e. The van der Waals surface area contributed by atoms with Gasteiger partial charge in [-0.15, -0.1) is 0 Å². The van der Waals surface area contributed by atoms with Gasteiger partial charge in [-0.05, 0) is 38.3 Å². The lowest BCUT2D eigenvalue weighted by Gasteiger charge is -2.18. The lowest BCUT2D eigenvalue weighted by atomic mass is 10.1. The summed E-state index contributed by atoms with van der Waals surface area (Å²) in [5, 5.41) is 5.94. The molecule has 0 radical (unpaired) electrons. The van der Waals surface area contributed by atoms with Crippen LogP contribution in [0.15, 0.2) is 0 Å². The van der Waals surface area contributed by atoms with Crippen molar-refractivity contribution >= 4 is 5.91 Å². The molecule has 0 aromatic rings. The van der Waals surface area contributed by atoms with E-state index in [0.717, 1.165) is 19.4 Å². The number of nitrogens with one attached hydrogen (secondary N) is 2. The molecule has 110 valence electrons. The molecule has 7 heteroatoms. The van der Waals surface area contributed by atoms with E-state index in [1.165, 1.54) is 4.90 Å². The smallest absolute Gasteiger partial charge is 0.354 e. The van der Waals surface area contributed by atoms with Crippen LogP contribution in [0.3, 0.4) is 0 Å². The highest BCUT2D eigenvalue weighted by atomic mass is 19.4. The summed E-state index contributed by atoms with van der Waals surface area (Å²) in [6.45, 7) is 1.37. The number of carbonyl (C=O) groups is 1. The predicted octanol–water partition coefficient (Wildman–Crippen LogP) is 0.739. The van der Waals surface area contributed by atoms with Gasteiger partial charge in [-0.3, -0.25) is 9.69 Å². The van der Waals surface area contributed by atoms with Gasteiger partial charge in [0, 0.05) is 13.1 Å². The van der Waals surface area contributed by atoms with Gasteiger partial charge in [-0.1, -0.05) is 0 Å². The molecule has 2 aliphatic rings. The summed E-state index contributed by atoms with van der Waals surface area (Å²) in [6.07, 6.45) is -1.57. The van der Waals surface area contributed by atoms with Crippen LogP contribution in [0, 0.1) is 5.92 Å². The minimum absolute atomic E-state index is 0.0215. The van der Waals surface area contributed by atoms with Crippen molar-refractivity contribution in [2.24, 2.45) is 5.92 Å². The highest BCUT2D eigenvalue weighted by Crippen LogP contribution is 2.22. The maximum atomic E-state index is 12.2. The van der Waals surface area contributed by atoms with Gasteiger partial charge in [0.25, 0.3) is 0 Å². The third kappa shape index (κ3) is 4.65. The summed E-state index contributed by atoms with van der Waals surface area (Å²) in [5.41, 5.74) is 0. The van der Waals surface area contributed by atoms with E-state index in [1.54, 1.807) is 0 Å².